The third kappa shape index (κ3) is 1.07. The molecule has 1 N–H and O–H groups in total. The number of halogens is 1. The van der Waals surface area contributed by atoms with E-state index in [0.717, 1.165) is 16.5 Å². The van der Waals surface area contributed by atoms with Gasteiger partial charge in [0.25, 0.3) is 0 Å². The molecule has 0 aliphatic heterocycles. The average molecular weight is 174 g/mol. The highest BCUT2D eigenvalue weighted by atomic mass is 19.1. The van der Waals surface area contributed by atoms with Crippen molar-refractivity contribution in [3.05, 3.63) is 35.3 Å². The molecule has 0 saturated heterocycles. The second kappa shape index (κ2) is 2.60. The van der Waals surface area contributed by atoms with Crippen molar-refractivity contribution in [3.8, 4) is 6.07 Å². The van der Waals surface area contributed by atoms with Gasteiger partial charge < -0.3 is 4.98 Å². The number of H-pyrrole nitrogens is 1. The molecule has 0 amide bonds. The first-order chi connectivity index (χ1) is 6.22. The summed E-state index contributed by atoms with van der Waals surface area (Å²) in [5, 5.41) is 9.51. The van der Waals surface area contributed by atoms with E-state index in [0.29, 0.717) is 0 Å². The van der Waals surface area contributed by atoms with Crippen molar-refractivity contribution in [3.63, 3.8) is 0 Å². The molecule has 0 saturated carbocycles. The highest BCUT2D eigenvalue weighted by molar-refractivity contribution is 5.84. The Kier molecular flexibility index (Phi) is 1.56. The first-order valence-electron chi connectivity index (χ1n) is 3.89. The van der Waals surface area contributed by atoms with Crippen LogP contribution in [0.1, 0.15) is 11.1 Å². The predicted molar refractivity (Wildman–Crippen MR) is 47.7 cm³/mol. The zero-order valence-corrected chi connectivity index (χ0v) is 7.06. The van der Waals surface area contributed by atoms with E-state index in [-0.39, 0.29) is 5.56 Å². The van der Waals surface area contributed by atoms with Gasteiger partial charge in [-0.15, -0.1) is 0 Å². The number of aromatic amines is 1. The highest BCUT2D eigenvalue weighted by Gasteiger charge is 2.06. The Bertz CT molecular complexity index is 505. The smallest absolute Gasteiger partial charge is 0.143 e. The van der Waals surface area contributed by atoms with Crippen LogP contribution in [0.4, 0.5) is 4.39 Å². The Balaban J connectivity index is 2.86. The predicted octanol–water partition coefficient (Wildman–Crippen LogP) is 2.49. The van der Waals surface area contributed by atoms with Crippen LogP contribution in [0, 0.1) is 24.1 Å². The van der Waals surface area contributed by atoms with E-state index in [9.17, 15) is 4.39 Å². The molecule has 1 heterocycles. The Morgan fingerprint density at radius 3 is 2.92 bits per heavy atom. The van der Waals surface area contributed by atoms with Crippen LogP contribution in [-0.2, 0) is 0 Å². The number of aryl methyl sites for hydroxylation is 1. The molecule has 2 aromatic rings. The van der Waals surface area contributed by atoms with Gasteiger partial charge in [-0.1, -0.05) is 0 Å². The van der Waals surface area contributed by atoms with Crippen molar-refractivity contribution in [1.82, 2.24) is 4.98 Å². The van der Waals surface area contributed by atoms with Gasteiger partial charge in [-0.3, -0.25) is 0 Å². The minimum Gasteiger partial charge on any atom is -0.361 e. The van der Waals surface area contributed by atoms with Crippen LogP contribution in [0.25, 0.3) is 10.9 Å². The van der Waals surface area contributed by atoms with Crippen LogP contribution in [0.5, 0.6) is 0 Å². The number of rotatable bonds is 0. The summed E-state index contributed by atoms with van der Waals surface area (Å²) in [7, 11) is 0. The van der Waals surface area contributed by atoms with Gasteiger partial charge >= 0.3 is 0 Å². The Hall–Kier alpha value is -1.82. The van der Waals surface area contributed by atoms with Gasteiger partial charge in [0.2, 0.25) is 0 Å². The molecule has 0 aliphatic rings. The second-order valence-electron chi connectivity index (χ2n) is 2.96. The van der Waals surface area contributed by atoms with Crippen LogP contribution < -0.4 is 0 Å². The Morgan fingerprint density at radius 2 is 2.23 bits per heavy atom. The minimum absolute atomic E-state index is 0.0928. The average Bonchev–Trinajstić information content (AvgIpc) is 2.46. The molecule has 2 nitrogen and oxygen atoms in total. The number of benzene rings is 1. The van der Waals surface area contributed by atoms with Crippen LogP contribution >= 0.6 is 0 Å². The third-order valence-corrected chi connectivity index (χ3v) is 2.10. The Labute approximate surface area is 74.6 Å². The van der Waals surface area contributed by atoms with Crippen molar-refractivity contribution in [2.24, 2.45) is 0 Å². The van der Waals surface area contributed by atoms with E-state index in [1.54, 1.807) is 12.3 Å². The number of nitrogens with one attached hydrogen (secondary N) is 1. The highest BCUT2D eigenvalue weighted by Crippen LogP contribution is 2.20. The van der Waals surface area contributed by atoms with E-state index in [1.807, 2.05) is 13.0 Å². The lowest BCUT2D eigenvalue weighted by atomic mass is 10.1. The van der Waals surface area contributed by atoms with Crippen LogP contribution in [-0.4, -0.2) is 4.98 Å². The molecule has 3 heteroatoms. The van der Waals surface area contributed by atoms with E-state index >= 15 is 0 Å². The van der Waals surface area contributed by atoms with Gasteiger partial charge in [-0.05, 0) is 24.6 Å². The second-order valence-corrected chi connectivity index (χ2v) is 2.96. The summed E-state index contributed by atoms with van der Waals surface area (Å²) < 4.78 is 13.1. The maximum absolute atomic E-state index is 13.1. The molecular weight excluding hydrogens is 167 g/mol. The fourth-order valence-electron chi connectivity index (χ4n) is 1.37. The Morgan fingerprint density at radius 1 is 1.46 bits per heavy atom. The SMILES string of the molecule is Cc1c[nH]c2cc(F)c(C#N)cc12. The summed E-state index contributed by atoms with van der Waals surface area (Å²) in [6, 6.07) is 4.73. The van der Waals surface area contributed by atoms with Crippen molar-refractivity contribution >= 4 is 10.9 Å². The van der Waals surface area contributed by atoms with E-state index in [2.05, 4.69) is 4.98 Å². The summed E-state index contributed by atoms with van der Waals surface area (Å²) in [6.07, 6.45) is 1.80. The molecule has 0 radical (unpaired) electrons. The summed E-state index contributed by atoms with van der Waals surface area (Å²) >= 11 is 0. The summed E-state index contributed by atoms with van der Waals surface area (Å²) in [5.41, 5.74) is 1.84. The van der Waals surface area contributed by atoms with Crippen LogP contribution in [0.3, 0.4) is 0 Å². The molecule has 0 atom stereocenters. The number of aromatic nitrogens is 1. The maximum Gasteiger partial charge on any atom is 0.143 e. The van der Waals surface area contributed by atoms with Crippen molar-refractivity contribution < 1.29 is 4.39 Å². The van der Waals surface area contributed by atoms with Crippen LogP contribution in [0.2, 0.25) is 0 Å². The van der Waals surface area contributed by atoms with Gasteiger partial charge in [0, 0.05) is 17.1 Å². The monoisotopic (exact) mass is 174 g/mol. The van der Waals surface area contributed by atoms with Gasteiger partial charge in [-0.25, -0.2) is 4.39 Å². The molecule has 64 valence electrons. The number of nitriles is 1. The number of nitrogens with zero attached hydrogens (tertiary/aromatic N) is 1. The van der Waals surface area contributed by atoms with Gasteiger partial charge in [0.05, 0.1) is 5.56 Å². The molecule has 1 aromatic carbocycles. The first kappa shape index (κ1) is 7.81. The van der Waals surface area contributed by atoms with Crippen molar-refractivity contribution in [2.75, 3.05) is 0 Å². The summed E-state index contributed by atoms with van der Waals surface area (Å²) in [4.78, 5) is 2.93. The zero-order valence-electron chi connectivity index (χ0n) is 7.06. The molecule has 0 unspecified atom stereocenters. The largest absolute Gasteiger partial charge is 0.361 e. The zero-order chi connectivity index (χ0) is 9.42. The van der Waals surface area contributed by atoms with E-state index in [4.69, 9.17) is 5.26 Å². The lowest BCUT2D eigenvalue weighted by molar-refractivity contribution is 0.625. The van der Waals surface area contributed by atoms with Crippen molar-refractivity contribution in [1.29, 1.82) is 5.26 Å². The standard InChI is InChI=1S/C10H7FN2/c1-6-5-13-10-3-9(11)7(4-12)2-8(6)10/h2-3,5,13H,1H3. The summed E-state index contributed by atoms with van der Waals surface area (Å²) in [5.74, 6) is -0.475. The van der Waals surface area contributed by atoms with Crippen molar-refractivity contribution in [2.45, 2.75) is 6.92 Å². The third-order valence-electron chi connectivity index (χ3n) is 2.10. The molecule has 0 aliphatic carbocycles. The summed E-state index contributed by atoms with van der Waals surface area (Å²) in [6.45, 7) is 1.91. The number of hydrogen-bond acceptors (Lipinski definition) is 1. The molecule has 0 spiro atoms. The molecular formula is C10H7FN2. The maximum atomic E-state index is 13.1. The quantitative estimate of drug-likeness (QED) is 0.654. The molecule has 1 aromatic heterocycles. The fraction of sp³-hybridized carbons (Fsp3) is 0.100. The molecule has 0 fully saturated rings. The van der Waals surface area contributed by atoms with Gasteiger partial charge in [0.15, 0.2) is 0 Å². The number of fused-ring (bicyclic) bond motifs is 1. The fourth-order valence-corrected chi connectivity index (χ4v) is 1.37. The van der Waals surface area contributed by atoms with E-state index in [1.165, 1.54) is 6.07 Å². The van der Waals surface area contributed by atoms with Crippen LogP contribution in [0.15, 0.2) is 18.3 Å². The molecule has 13 heavy (non-hydrogen) atoms. The number of hydrogen-bond donors (Lipinski definition) is 1. The normalized spacial score (nSPS) is 10.2. The topological polar surface area (TPSA) is 39.6 Å². The van der Waals surface area contributed by atoms with Gasteiger partial charge in [-0.2, -0.15) is 5.26 Å². The van der Waals surface area contributed by atoms with Gasteiger partial charge in [0.1, 0.15) is 11.9 Å². The molecule has 2 rings (SSSR count). The lowest BCUT2D eigenvalue weighted by Gasteiger charge is -1.94. The first-order valence-corrected chi connectivity index (χ1v) is 3.89. The minimum atomic E-state index is -0.475. The molecule has 0 bridgehead atoms. The lowest BCUT2D eigenvalue weighted by Crippen LogP contribution is -1.83. The van der Waals surface area contributed by atoms with E-state index < -0.39 is 5.82 Å².